The molecule has 0 spiro atoms. The minimum absolute atomic E-state index is 0.106. The van der Waals surface area contributed by atoms with Crippen molar-refractivity contribution in [2.75, 3.05) is 33.2 Å². The third-order valence-electron chi connectivity index (χ3n) is 1.51. The van der Waals surface area contributed by atoms with Gasteiger partial charge in [0.15, 0.2) is 0 Å². The van der Waals surface area contributed by atoms with Crippen LogP contribution >= 0.6 is 0 Å². The summed E-state index contributed by atoms with van der Waals surface area (Å²) in [4.78, 5) is 29.2. The number of hydrogen-bond donors (Lipinski definition) is 6. The molecule has 0 atom stereocenters. The number of hydrogen-bond acceptors (Lipinski definition) is 6. The smallest absolute Gasteiger partial charge is 0.304 e. The molecule has 0 fully saturated rings. The van der Waals surface area contributed by atoms with E-state index in [0.29, 0.717) is 26.2 Å². The van der Waals surface area contributed by atoms with E-state index in [1.807, 2.05) is 27.7 Å². The average Bonchev–Trinajstić information content (AvgIpc) is 2.54. The van der Waals surface area contributed by atoms with Gasteiger partial charge in [-0.05, 0) is 7.05 Å². The molecule has 0 saturated carbocycles. The lowest BCUT2D eigenvalue weighted by Gasteiger charge is -2.03. The summed E-state index contributed by atoms with van der Waals surface area (Å²) in [6.45, 7) is 11.3. The first-order valence-corrected chi connectivity index (χ1v) is 7.98. The van der Waals surface area contributed by atoms with Crippen molar-refractivity contribution in [1.29, 1.82) is 0 Å². The molecule has 0 saturated heterocycles. The summed E-state index contributed by atoms with van der Waals surface area (Å²) in [7, 11) is 1.50. The number of carboxylic acids is 3. The van der Waals surface area contributed by atoms with Crippen LogP contribution in [0.2, 0.25) is 0 Å². The molecule has 0 amide bonds. The van der Waals surface area contributed by atoms with Crippen LogP contribution in [0.1, 0.15) is 47.5 Å². The first kappa shape index (κ1) is 33.8. The van der Waals surface area contributed by atoms with Crippen molar-refractivity contribution in [2.45, 2.75) is 47.5 Å². The van der Waals surface area contributed by atoms with Crippen molar-refractivity contribution < 1.29 is 29.7 Å². The van der Waals surface area contributed by atoms with Crippen LogP contribution < -0.4 is 16.4 Å². The summed E-state index contributed by atoms with van der Waals surface area (Å²) in [5.74, 6) is -2.48. The van der Waals surface area contributed by atoms with Gasteiger partial charge in [-0.2, -0.15) is 0 Å². The summed E-state index contributed by atoms with van der Waals surface area (Å²) in [5.41, 5.74) is 4.50. The number of carboxylic acid groups (broad SMARTS) is 3. The Balaban J connectivity index is -0.000000100. The maximum absolute atomic E-state index is 10.1. The van der Waals surface area contributed by atoms with Gasteiger partial charge in [0.05, 0.1) is 12.8 Å². The third kappa shape index (κ3) is 87.5. The fourth-order valence-corrected chi connectivity index (χ4v) is 0.817. The average molecular weight is 355 g/mol. The molecule has 7 N–H and O–H groups in total. The SMILES string of the molecule is CC.CC.CC(=O)O.CN.O=C(O)CCNCCNCCC(=O)O. The second-order valence-corrected chi connectivity index (χ2v) is 3.31. The van der Waals surface area contributed by atoms with E-state index >= 15 is 0 Å². The highest BCUT2D eigenvalue weighted by atomic mass is 16.4. The van der Waals surface area contributed by atoms with Crippen LogP contribution in [0, 0.1) is 0 Å². The second-order valence-electron chi connectivity index (χ2n) is 3.31. The molecule has 148 valence electrons. The number of nitrogens with one attached hydrogen (secondary N) is 2. The lowest BCUT2D eigenvalue weighted by Crippen LogP contribution is -2.29. The van der Waals surface area contributed by atoms with Gasteiger partial charge in [0.2, 0.25) is 0 Å². The fourth-order valence-electron chi connectivity index (χ4n) is 0.817. The molecule has 0 aliphatic carbocycles. The molecule has 9 heteroatoms. The van der Waals surface area contributed by atoms with Gasteiger partial charge in [0, 0.05) is 33.1 Å². The van der Waals surface area contributed by atoms with Crippen LogP contribution in [0.25, 0.3) is 0 Å². The number of rotatable bonds is 9. The van der Waals surface area contributed by atoms with Crippen molar-refractivity contribution >= 4 is 17.9 Å². The van der Waals surface area contributed by atoms with Crippen LogP contribution in [0.4, 0.5) is 0 Å². The standard InChI is InChI=1S/C8H16N2O4.C2H4O2.2C2H6.CH5N/c11-7(12)1-3-9-5-6-10-4-2-8(13)14;1-2(3)4;3*1-2/h9-10H,1-6H2,(H,11,12)(H,13,14);1H3,(H,3,4);2*1-2H3;2H2,1H3. The normalized spacial score (nSPS) is 7.62. The van der Waals surface area contributed by atoms with Gasteiger partial charge in [0.25, 0.3) is 5.97 Å². The van der Waals surface area contributed by atoms with E-state index in [4.69, 9.17) is 20.1 Å². The monoisotopic (exact) mass is 355 g/mol. The van der Waals surface area contributed by atoms with Gasteiger partial charge in [0.1, 0.15) is 0 Å². The van der Waals surface area contributed by atoms with Gasteiger partial charge < -0.3 is 31.7 Å². The number of aliphatic carboxylic acids is 3. The highest BCUT2D eigenvalue weighted by Gasteiger charge is 1.96. The summed E-state index contributed by atoms with van der Waals surface area (Å²) < 4.78 is 0. The molecule has 0 bridgehead atoms. The molecule has 0 aromatic carbocycles. The van der Waals surface area contributed by atoms with Crippen molar-refractivity contribution in [2.24, 2.45) is 5.73 Å². The lowest BCUT2D eigenvalue weighted by molar-refractivity contribution is -0.137. The van der Waals surface area contributed by atoms with E-state index in [2.05, 4.69) is 16.4 Å². The van der Waals surface area contributed by atoms with Crippen LogP contribution in [-0.2, 0) is 14.4 Å². The molecular formula is C15H37N3O6. The summed E-state index contributed by atoms with van der Waals surface area (Å²) in [6.07, 6.45) is 0.213. The number of carbonyl (C=O) groups is 3. The zero-order valence-corrected chi connectivity index (χ0v) is 15.9. The van der Waals surface area contributed by atoms with Crippen molar-refractivity contribution in [1.82, 2.24) is 10.6 Å². The predicted octanol–water partition coefficient (Wildman–Crippen LogP) is 0.833. The number of nitrogens with two attached hydrogens (primary N) is 1. The molecule has 0 unspecified atom stereocenters. The highest BCUT2D eigenvalue weighted by molar-refractivity contribution is 5.67. The zero-order chi connectivity index (χ0) is 20.4. The summed E-state index contributed by atoms with van der Waals surface area (Å²) in [6, 6.07) is 0. The summed E-state index contributed by atoms with van der Waals surface area (Å²) in [5, 5.41) is 29.8. The molecule has 0 aliphatic rings. The molecule has 9 nitrogen and oxygen atoms in total. The topological polar surface area (TPSA) is 162 Å². The van der Waals surface area contributed by atoms with Gasteiger partial charge in [-0.3, -0.25) is 14.4 Å². The maximum atomic E-state index is 10.1. The fraction of sp³-hybridized carbons (Fsp3) is 0.800. The van der Waals surface area contributed by atoms with E-state index in [9.17, 15) is 9.59 Å². The van der Waals surface area contributed by atoms with E-state index in [1.165, 1.54) is 7.05 Å². The first-order chi connectivity index (χ1) is 11.4. The Morgan fingerprint density at radius 1 is 0.708 bits per heavy atom. The molecule has 0 heterocycles. The molecule has 0 rings (SSSR count). The van der Waals surface area contributed by atoms with Gasteiger partial charge >= 0.3 is 11.9 Å². The van der Waals surface area contributed by atoms with E-state index in [0.717, 1.165) is 6.92 Å². The van der Waals surface area contributed by atoms with E-state index in [-0.39, 0.29) is 12.8 Å². The summed E-state index contributed by atoms with van der Waals surface area (Å²) >= 11 is 0. The van der Waals surface area contributed by atoms with Crippen molar-refractivity contribution in [3.8, 4) is 0 Å². The zero-order valence-electron chi connectivity index (χ0n) is 15.9. The van der Waals surface area contributed by atoms with Crippen molar-refractivity contribution in [3.05, 3.63) is 0 Å². The van der Waals surface area contributed by atoms with Crippen molar-refractivity contribution in [3.63, 3.8) is 0 Å². The van der Waals surface area contributed by atoms with Gasteiger partial charge in [-0.25, -0.2) is 0 Å². The van der Waals surface area contributed by atoms with Crippen LogP contribution in [0.5, 0.6) is 0 Å². The minimum Gasteiger partial charge on any atom is -0.481 e. The van der Waals surface area contributed by atoms with Crippen LogP contribution in [0.15, 0.2) is 0 Å². The Bertz CT molecular complexity index is 240. The molecule has 24 heavy (non-hydrogen) atoms. The van der Waals surface area contributed by atoms with Crippen LogP contribution in [-0.4, -0.2) is 66.5 Å². The van der Waals surface area contributed by atoms with Crippen LogP contribution in [0.3, 0.4) is 0 Å². The Morgan fingerprint density at radius 3 is 1.08 bits per heavy atom. The third-order valence-corrected chi connectivity index (χ3v) is 1.51. The molecular weight excluding hydrogens is 318 g/mol. The Kier molecular flexibility index (Phi) is 52.8. The maximum Gasteiger partial charge on any atom is 0.304 e. The second kappa shape index (κ2) is 37.5. The Hall–Kier alpha value is -1.71. The van der Waals surface area contributed by atoms with Gasteiger partial charge in [-0.15, -0.1) is 0 Å². The van der Waals surface area contributed by atoms with E-state index in [1.54, 1.807) is 0 Å². The first-order valence-electron chi connectivity index (χ1n) is 7.98. The minimum atomic E-state index is -0.833. The largest absolute Gasteiger partial charge is 0.481 e. The molecule has 0 radical (unpaired) electrons. The Morgan fingerprint density at radius 2 is 0.917 bits per heavy atom. The lowest BCUT2D eigenvalue weighted by atomic mass is 10.4. The van der Waals surface area contributed by atoms with Gasteiger partial charge in [-0.1, -0.05) is 27.7 Å². The molecule has 0 aromatic heterocycles. The molecule has 0 aliphatic heterocycles. The predicted molar refractivity (Wildman–Crippen MR) is 96.4 cm³/mol. The van der Waals surface area contributed by atoms with E-state index < -0.39 is 17.9 Å². The quantitative estimate of drug-likeness (QED) is 0.329. The molecule has 0 aromatic rings. The highest BCUT2D eigenvalue weighted by Crippen LogP contribution is 1.75. The Labute approximate surface area is 145 Å².